The van der Waals surface area contributed by atoms with Gasteiger partial charge >= 0.3 is 0 Å². The Morgan fingerprint density at radius 2 is 2.00 bits per heavy atom. The lowest BCUT2D eigenvalue weighted by atomic mass is 10.1. The summed E-state index contributed by atoms with van der Waals surface area (Å²) in [5.41, 5.74) is 7.22. The lowest BCUT2D eigenvalue weighted by molar-refractivity contribution is 0.355. The van der Waals surface area contributed by atoms with Gasteiger partial charge in [0.2, 0.25) is 0 Å². The summed E-state index contributed by atoms with van der Waals surface area (Å²) in [6.07, 6.45) is 2.78. The molecule has 0 radical (unpaired) electrons. The van der Waals surface area contributed by atoms with Crippen LogP contribution in [0.25, 0.3) is 11.3 Å². The molecule has 0 atom stereocenters. The Balaban J connectivity index is 2.23. The fourth-order valence-electron chi connectivity index (χ4n) is 1.79. The van der Waals surface area contributed by atoms with Gasteiger partial charge in [-0.05, 0) is 31.2 Å². The molecule has 6 nitrogen and oxygen atoms in total. The molecule has 2 rings (SSSR count). The van der Waals surface area contributed by atoms with Crippen LogP contribution in [0.3, 0.4) is 0 Å². The van der Waals surface area contributed by atoms with Gasteiger partial charge in [-0.3, -0.25) is 4.68 Å². The van der Waals surface area contributed by atoms with Crippen LogP contribution in [0.2, 0.25) is 0 Å². The van der Waals surface area contributed by atoms with Crippen molar-refractivity contribution in [2.45, 2.75) is 13.0 Å². The summed E-state index contributed by atoms with van der Waals surface area (Å²) >= 11 is 0. The maximum Gasteiger partial charge on any atom is 0.161 e. The highest BCUT2D eigenvalue weighted by molar-refractivity contribution is 5.63. The first-order valence-electron chi connectivity index (χ1n) is 6.11. The summed E-state index contributed by atoms with van der Waals surface area (Å²) in [6, 6.07) is 5.67. The third kappa shape index (κ3) is 3.03. The fourth-order valence-corrected chi connectivity index (χ4v) is 1.79. The highest BCUT2D eigenvalue weighted by atomic mass is 16.5. The molecule has 0 spiro atoms. The maximum absolute atomic E-state index is 5.47. The average molecular weight is 262 g/mol. The van der Waals surface area contributed by atoms with Gasteiger partial charge in [0, 0.05) is 12.1 Å². The molecule has 0 saturated heterocycles. The SMILES string of the molecule is COc1ccc(-c2cn(CCCN)nn2)cc1OC. The Morgan fingerprint density at radius 3 is 2.68 bits per heavy atom. The van der Waals surface area contributed by atoms with Crippen molar-refractivity contribution in [1.29, 1.82) is 0 Å². The average Bonchev–Trinajstić information content (AvgIpc) is 2.93. The van der Waals surface area contributed by atoms with Crippen LogP contribution in [0.1, 0.15) is 6.42 Å². The van der Waals surface area contributed by atoms with Crippen molar-refractivity contribution in [1.82, 2.24) is 15.0 Å². The number of nitrogens with two attached hydrogens (primary N) is 1. The number of methoxy groups -OCH3 is 2. The summed E-state index contributed by atoms with van der Waals surface area (Å²) in [7, 11) is 3.22. The van der Waals surface area contributed by atoms with Crippen LogP contribution in [0.5, 0.6) is 11.5 Å². The van der Waals surface area contributed by atoms with Gasteiger partial charge in [0.15, 0.2) is 11.5 Å². The molecular weight excluding hydrogens is 244 g/mol. The molecule has 0 aliphatic heterocycles. The first-order chi connectivity index (χ1) is 9.28. The molecule has 1 aromatic carbocycles. The Bertz CT molecular complexity index is 539. The topological polar surface area (TPSA) is 75.2 Å². The fraction of sp³-hybridized carbons (Fsp3) is 0.385. The van der Waals surface area contributed by atoms with E-state index in [1.54, 1.807) is 18.9 Å². The molecule has 6 heteroatoms. The zero-order valence-corrected chi connectivity index (χ0v) is 11.2. The number of hydrogen-bond acceptors (Lipinski definition) is 5. The van der Waals surface area contributed by atoms with Crippen molar-refractivity contribution in [3.8, 4) is 22.8 Å². The van der Waals surface area contributed by atoms with E-state index in [-0.39, 0.29) is 0 Å². The maximum atomic E-state index is 5.47. The van der Waals surface area contributed by atoms with Gasteiger partial charge in [-0.1, -0.05) is 5.21 Å². The normalized spacial score (nSPS) is 10.5. The molecule has 0 saturated carbocycles. The molecule has 0 unspecified atom stereocenters. The second-order valence-corrected chi connectivity index (χ2v) is 4.08. The Morgan fingerprint density at radius 1 is 1.21 bits per heavy atom. The first-order valence-corrected chi connectivity index (χ1v) is 6.11. The highest BCUT2D eigenvalue weighted by Gasteiger charge is 2.09. The van der Waals surface area contributed by atoms with E-state index < -0.39 is 0 Å². The predicted octanol–water partition coefficient (Wildman–Crippen LogP) is 1.31. The quantitative estimate of drug-likeness (QED) is 0.849. The van der Waals surface area contributed by atoms with Crippen molar-refractivity contribution in [2.75, 3.05) is 20.8 Å². The summed E-state index contributed by atoms with van der Waals surface area (Å²) in [5.74, 6) is 1.37. The summed E-state index contributed by atoms with van der Waals surface area (Å²) in [4.78, 5) is 0. The van der Waals surface area contributed by atoms with Crippen LogP contribution < -0.4 is 15.2 Å². The Hall–Kier alpha value is -2.08. The minimum Gasteiger partial charge on any atom is -0.493 e. The van der Waals surface area contributed by atoms with Gasteiger partial charge in [0.25, 0.3) is 0 Å². The van der Waals surface area contributed by atoms with E-state index in [0.717, 1.165) is 24.2 Å². The molecule has 0 amide bonds. The largest absolute Gasteiger partial charge is 0.493 e. The molecule has 102 valence electrons. The molecule has 2 N–H and O–H groups in total. The van der Waals surface area contributed by atoms with Gasteiger partial charge in [-0.15, -0.1) is 5.10 Å². The molecule has 19 heavy (non-hydrogen) atoms. The number of rotatable bonds is 6. The standard InChI is InChI=1S/C13H18N4O2/c1-18-12-5-4-10(8-13(12)19-2)11-9-17(16-15-11)7-3-6-14/h4-5,8-9H,3,6-7,14H2,1-2H3. The van der Waals surface area contributed by atoms with Crippen LogP contribution in [-0.4, -0.2) is 35.8 Å². The molecule has 0 bridgehead atoms. The predicted molar refractivity (Wildman–Crippen MR) is 72.2 cm³/mol. The van der Waals surface area contributed by atoms with E-state index >= 15 is 0 Å². The molecule has 1 heterocycles. The van der Waals surface area contributed by atoms with Gasteiger partial charge < -0.3 is 15.2 Å². The molecule has 0 fully saturated rings. The second kappa shape index (κ2) is 6.19. The van der Waals surface area contributed by atoms with Crippen molar-refractivity contribution in [3.05, 3.63) is 24.4 Å². The summed E-state index contributed by atoms with van der Waals surface area (Å²) < 4.78 is 12.3. The number of benzene rings is 1. The second-order valence-electron chi connectivity index (χ2n) is 4.08. The minimum absolute atomic E-state index is 0.644. The summed E-state index contributed by atoms with van der Waals surface area (Å²) in [5, 5.41) is 8.21. The van der Waals surface area contributed by atoms with E-state index in [9.17, 15) is 0 Å². The third-order valence-corrected chi connectivity index (χ3v) is 2.81. The zero-order chi connectivity index (χ0) is 13.7. The van der Waals surface area contributed by atoms with Crippen LogP contribution in [0.4, 0.5) is 0 Å². The van der Waals surface area contributed by atoms with Crippen LogP contribution in [-0.2, 0) is 6.54 Å². The highest BCUT2D eigenvalue weighted by Crippen LogP contribution is 2.31. The monoisotopic (exact) mass is 262 g/mol. The van der Waals surface area contributed by atoms with Gasteiger partial charge in [0.1, 0.15) is 5.69 Å². The molecule has 2 aromatic rings. The number of ether oxygens (including phenoxy) is 2. The summed E-state index contributed by atoms with van der Waals surface area (Å²) in [6.45, 7) is 1.42. The van der Waals surface area contributed by atoms with Crippen LogP contribution in [0, 0.1) is 0 Å². The van der Waals surface area contributed by atoms with Crippen molar-refractivity contribution in [2.24, 2.45) is 5.73 Å². The third-order valence-electron chi connectivity index (χ3n) is 2.81. The Labute approximate surface area is 112 Å². The van der Waals surface area contributed by atoms with Crippen molar-refractivity contribution < 1.29 is 9.47 Å². The van der Waals surface area contributed by atoms with Crippen LogP contribution >= 0.6 is 0 Å². The molecular formula is C13H18N4O2. The zero-order valence-electron chi connectivity index (χ0n) is 11.2. The Kier molecular flexibility index (Phi) is 4.35. The van der Waals surface area contributed by atoms with Crippen molar-refractivity contribution >= 4 is 0 Å². The lowest BCUT2D eigenvalue weighted by Gasteiger charge is -2.07. The van der Waals surface area contributed by atoms with Gasteiger partial charge in [-0.25, -0.2) is 0 Å². The lowest BCUT2D eigenvalue weighted by Crippen LogP contribution is -2.06. The minimum atomic E-state index is 0.644. The number of aromatic nitrogens is 3. The smallest absolute Gasteiger partial charge is 0.161 e. The molecule has 0 aliphatic rings. The first kappa shape index (κ1) is 13.4. The molecule has 0 aliphatic carbocycles. The molecule has 1 aromatic heterocycles. The number of aryl methyl sites for hydroxylation is 1. The van der Waals surface area contributed by atoms with Gasteiger partial charge in [0.05, 0.1) is 20.4 Å². The van der Waals surface area contributed by atoms with E-state index in [0.29, 0.717) is 18.0 Å². The number of hydrogen-bond donors (Lipinski definition) is 1. The van der Waals surface area contributed by atoms with E-state index in [1.807, 2.05) is 24.4 Å². The van der Waals surface area contributed by atoms with Crippen molar-refractivity contribution in [3.63, 3.8) is 0 Å². The van der Waals surface area contributed by atoms with E-state index in [1.165, 1.54) is 0 Å². The van der Waals surface area contributed by atoms with Gasteiger partial charge in [-0.2, -0.15) is 0 Å². The van der Waals surface area contributed by atoms with E-state index in [2.05, 4.69) is 10.3 Å². The van der Waals surface area contributed by atoms with Crippen LogP contribution in [0.15, 0.2) is 24.4 Å². The number of nitrogens with zero attached hydrogens (tertiary/aromatic N) is 3. The van der Waals surface area contributed by atoms with E-state index in [4.69, 9.17) is 15.2 Å².